The van der Waals surface area contributed by atoms with E-state index in [1.165, 1.54) is 6.07 Å². The Morgan fingerprint density at radius 3 is 2.12 bits per heavy atom. The summed E-state index contributed by atoms with van der Waals surface area (Å²) in [5.41, 5.74) is 1.61. The fourth-order valence-corrected chi connectivity index (χ4v) is 1.01. The van der Waals surface area contributed by atoms with E-state index >= 15 is 0 Å². The van der Waals surface area contributed by atoms with E-state index in [2.05, 4.69) is 36.3 Å². The molecular weight excluding hydrogens is 272 g/mol. The summed E-state index contributed by atoms with van der Waals surface area (Å²) in [5, 5.41) is 13.5. The molecule has 0 unspecified atom stereocenters. The zero-order valence-corrected chi connectivity index (χ0v) is 10.5. The summed E-state index contributed by atoms with van der Waals surface area (Å²) in [6.07, 6.45) is 0. The topological polar surface area (TPSA) is 71.5 Å². The molecule has 16 heavy (non-hydrogen) atoms. The second-order valence-corrected chi connectivity index (χ2v) is 3.87. The Labute approximate surface area is 101 Å². The molecule has 1 N–H and O–H groups in total. The van der Waals surface area contributed by atoms with E-state index in [9.17, 15) is 4.79 Å². The van der Waals surface area contributed by atoms with Crippen LogP contribution in [0.2, 0.25) is 0 Å². The molecule has 2 aromatic heterocycles. The summed E-state index contributed by atoms with van der Waals surface area (Å²) in [6, 6.07) is 6.88. The van der Waals surface area contributed by atoms with Crippen LogP contribution in [0.25, 0.3) is 0 Å². The highest BCUT2D eigenvalue weighted by Gasteiger charge is 1.84. The molecule has 2 aromatic rings. The average molecular weight is 283 g/mol. The number of aromatic amines is 1. The molecule has 0 fully saturated rings. The number of nitrogens with zero attached hydrogens (tertiary/aromatic N) is 3. The summed E-state index contributed by atoms with van der Waals surface area (Å²) in [5.74, 6) is 0. The zero-order chi connectivity index (χ0) is 12.0. The fraction of sp³-hybridized carbons (Fsp3) is 0.200. The van der Waals surface area contributed by atoms with Crippen LogP contribution in [0.5, 0.6) is 0 Å². The van der Waals surface area contributed by atoms with Crippen molar-refractivity contribution in [2.75, 3.05) is 0 Å². The minimum atomic E-state index is -0.157. The van der Waals surface area contributed by atoms with E-state index < -0.39 is 0 Å². The lowest BCUT2D eigenvalue weighted by Gasteiger charge is -1.86. The normalized spacial score (nSPS) is 9.19. The monoisotopic (exact) mass is 282 g/mol. The smallest absolute Gasteiger partial charge is 0.264 e. The first-order valence-corrected chi connectivity index (χ1v) is 5.35. The number of aromatic nitrogens is 4. The van der Waals surface area contributed by atoms with Crippen molar-refractivity contribution in [2.45, 2.75) is 13.8 Å². The Kier molecular flexibility index (Phi) is 4.78. The molecule has 6 heteroatoms. The first-order chi connectivity index (χ1) is 7.58. The quantitative estimate of drug-likeness (QED) is 0.797. The van der Waals surface area contributed by atoms with Gasteiger partial charge in [-0.3, -0.25) is 4.79 Å². The molecule has 5 nitrogen and oxygen atoms in total. The number of rotatable bonds is 0. The average Bonchev–Trinajstić information content (AvgIpc) is 2.28. The Hall–Kier alpha value is -1.56. The standard InChI is InChI=1S/C5H5BrN2.C5H6N2O/c1-4-2-3-5(6)8-7-4;1-4-2-3-5(8)7-6-4/h2-3H,1H3;2-3H,1H3,(H,7,8). The van der Waals surface area contributed by atoms with Crippen LogP contribution < -0.4 is 5.56 Å². The second kappa shape index (κ2) is 6.12. The van der Waals surface area contributed by atoms with Crippen LogP contribution in [-0.2, 0) is 0 Å². The molecular formula is C10H11BrN4O. The fourth-order valence-electron chi connectivity index (χ4n) is 0.797. The van der Waals surface area contributed by atoms with Crippen molar-refractivity contribution in [1.82, 2.24) is 20.4 Å². The predicted molar refractivity (Wildman–Crippen MR) is 64.1 cm³/mol. The van der Waals surface area contributed by atoms with Gasteiger partial charge in [0.2, 0.25) is 0 Å². The van der Waals surface area contributed by atoms with Gasteiger partial charge in [0.05, 0.1) is 11.4 Å². The van der Waals surface area contributed by atoms with Crippen molar-refractivity contribution in [3.63, 3.8) is 0 Å². The molecule has 0 amide bonds. The lowest BCUT2D eigenvalue weighted by Crippen LogP contribution is -2.05. The van der Waals surface area contributed by atoms with E-state index in [4.69, 9.17) is 0 Å². The molecule has 0 atom stereocenters. The Morgan fingerprint density at radius 2 is 1.75 bits per heavy atom. The minimum Gasteiger partial charge on any atom is -0.268 e. The third-order valence-corrected chi connectivity index (χ3v) is 2.01. The van der Waals surface area contributed by atoms with E-state index in [0.717, 1.165) is 16.0 Å². The molecule has 0 aliphatic carbocycles. The highest BCUT2D eigenvalue weighted by atomic mass is 79.9. The molecule has 0 aliphatic rings. The maximum atomic E-state index is 10.3. The highest BCUT2D eigenvalue weighted by Crippen LogP contribution is 2.01. The molecule has 0 bridgehead atoms. The molecule has 0 saturated carbocycles. The largest absolute Gasteiger partial charge is 0.268 e. The maximum Gasteiger partial charge on any atom is 0.264 e. The lowest BCUT2D eigenvalue weighted by molar-refractivity contribution is 0.946. The third kappa shape index (κ3) is 4.79. The van der Waals surface area contributed by atoms with E-state index in [-0.39, 0.29) is 5.56 Å². The predicted octanol–water partition coefficient (Wildman–Crippen LogP) is 1.63. The number of aryl methyl sites for hydroxylation is 2. The number of nitrogens with one attached hydrogen (secondary N) is 1. The van der Waals surface area contributed by atoms with E-state index in [1.807, 2.05) is 26.0 Å². The summed E-state index contributed by atoms with van der Waals surface area (Å²) in [7, 11) is 0. The van der Waals surface area contributed by atoms with Gasteiger partial charge in [-0.2, -0.15) is 10.2 Å². The molecule has 2 heterocycles. The van der Waals surface area contributed by atoms with Crippen molar-refractivity contribution in [3.8, 4) is 0 Å². The third-order valence-electron chi connectivity index (χ3n) is 1.58. The van der Waals surface area contributed by atoms with Gasteiger partial charge in [0.15, 0.2) is 0 Å². The highest BCUT2D eigenvalue weighted by molar-refractivity contribution is 9.10. The van der Waals surface area contributed by atoms with Crippen molar-refractivity contribution in [2.24, 2.45) is 0 Å². The molecule has 0 saturated heterocycles. The number of hydrogen-bond donors (Lipinski definition) is 1. The van der Waals surface area contributed by atoms with Crippen molar-refractivity contribution in [3.05, 3.63) is 50.6 Å². The van der Waals surface area contributed by atoms with Gasteiger partial charge < -0.3 is 0 Å². The van der Waals surface area contributed by atoms with Crippen molar-refractivity contribution < 1.29 is 0 Å². The van der Waals surface area contributed by atoms with Crippen LogP contribution in [0.15, 0.2) is 33.7 Å². The Balaban J connectivity index is 0.000000160. The Bertz CT molecular complexity index is 453. The summed E-state index contributed by atoms with van der Waals surface area (Å²) < 4.78 is 0.781. The maximum absolute atomic E-state index is 10.3. The minimum absolute atomic E-state index is 0.157. The summed E-state index contributed by atoms with van der Waals surface area (Å²) >= 11 is 3.17. The van der Waals surface area contributed by atoms with Crippen molar-refractivity contribution in [1.29, 1.82) is 0 Å². The summed E-state index contributed by atoms with van der Waals surface area (Å²) in [6.45, 7) is 3.72. The van der Waals surface area contributed by atoms with Gasteiger partial charge in [-0.15, -0.1) is 5.10 Å². The molecule has 0 aromatic carbocycles. The molecule has 0 aliphatic heterocycles. The van der Waals surface area contributed by atoms with Crippen LogP contribution in [0.3, 0.4) is 0 Å². The Morgan fingerprint density at radius 1 is 1.06 bits per heavy atom. The number of H-pyrrole nitrogens is 1. The van der Waals surface area contributed by atoms with Crippen LogP contribution in [0, 0.1) is 13.8 Å². The van der Waals surface area contributed by atoms with E-state index in [0.29, 0.717) is 0 Å². The first-order valence-electron chi connectivity index (χ1n) is 4.56. The molecule has 2 rings (SSSR count). The van der Waals surface area contributed by atoms with Gasteiger partial charge in [0, 0.05) is 6.07 Å². The zero-order valence-electron chi connectivity index (χ0n) is 8.94. The molecule has 0 radical (unpaired) electrons. The van der Waals surface area contributed by atoms with Gasteiger partial charge in [0.1, 0.15) is 4.60 Å². The van der Waals surface area contributed by atoms with Gasteiger partial charge in [-0.25, -0.2) is 5.10 Å². The summed E-state index contributed by atoms with van der Waals surface area (Å²) in [4.78, 5) is 10.3. The van der Waals surface area contributed by atoms with Crippen LogP contribution in [0.1, 0.15) is 11.4 Å². The second-order valence-electron chi connectivity index (χ2n) is 3.06. The van der Waals surface area contributed by atoms with E-state index in [1.54, 1.807) is 6.07 Å². The van der Waals surface area contributed by atoms with Crippen LogP contribution in [0.4, 0.5) is 0 Å². The molecule has 0 spiro atoms. The van der Waals surface area contributed by atoms with Gasteiger partial charge in [-0.05, 0) is 48.0 Å². The van der Waals surface area contributed by atoms with Gasteiger partial charge >= 0.3 is 0 Å². The van der Waals surface area contributed by atoms with Gasteiger partial charge in [0.25, 0.3) is 5.56 Å². The number of halogens is 1. The SMILES string of the molecule is Cc1ccc(=O)[nH]n1.Cc1ccc(Br)nn1. The number of hydrogen-bond acceptors (Lipinski definition) is 4. The van der Waals surface area contributed by atoms with Gasteiger partial charge in [-0.1, -0.05) is 0 Å². The lowest BCUT2D eigenvalue weighted by atomic mass is 10.4. The molecule has 84 valence electrons. The first kappa shape index (κ1) is 12.5. The van der Waals surface area contributed by atoms with Crippen molar-refractivity contribution >= 4 is 15.9 Å². The van der Waals surface area contributed by atoms with Crippen LogP contribution in [-0.4, -0.2) is 20.4 Å². The van der Waals surface area contributed by atoms with Crippen LogP contribution >= 0.6 is 15.9 Å².